The molecule has 0 radical (unpaired) electrons. The van der Waals surface area contributed by atoms with Gasteiger partial charge in [0.25, 0.3) is 0 Å². The fourth-order valence-corrected chi connectivity index (χ4v) is 1.90. The average molecular weight is 312 g/mol. The van der Waals surface area contributed by atoms with Crippen molar-refractivity contribution < 1.29 is 0 Å². The Bertz CT molecular complexity index is 525. The number of aryl methyl sites for hydroxylation is 1. The predicted octanol–water partition coefficient (Wildman–Crippen LogP) is 1.41. The van der Waals surface area contributed by atoms with E-state index in [9.17, 15) is 0 Å². The molecule has 18 heavy (non-hydrogen) atoms. The number of nitrogens with zero attached hydrogens (tertiary/aromatic N) is 5. The zero-order valence-corrected chi connectivity index (χ0v) is 11.8. The fourth-order valence-electron chi connectivity index (χ4n) is 1.41. The van der Waals surface area contributed by atoms with Crippen LogP contribution in [0.25, 0.3) is 0 Å². The van der Waals surface area contributed by atoms with Crippen molar-refractivity contribution in [1.82, 2.24) is 24.7 Å². The second-order valence-corrected chi connectivity index (χ2v) is 4.42. The number of hydrogen-bond donors (Lipinski definition) is 2. The van der Waals surface area contributed by atoms with Gasteiger partial charge in [-0.1, -0.05) is 0 Å². The lowest BCUT2D eigenvalue weighted by molar-refractivity contribution is 0.809. The first-order chi connectivity index (χ1) is 8.72. The van der Waals surface area contributed by atoms with E-state index in [1.54, 1.807) is 6.33 Å². The van der Waals surface area contributed by atoms with Gasteiger partial charge in [0.2, 0.25) is 0 Å². The molecule has 7 nitrogen and oxygen atoms in total. The standard InChI is InChI=1S/C10H14BrN7/c1-3-12-9-8(11)10(15-5-14-9)13-4-7-17-16-6-18(7)2/h5-6H,3-4H2,1-2H3,(H2,12,13,14,15). The number of nitrogens with one attached hydrogen (secondary N) is 2. The third-order valence-electron chi connectivity index (χ3n) is 2.35. The highest BCUT2D eigenvalue weighted by Gasteiger charge is 2.08. The SMILES string of the molecule is CCNc1ncnc(NCc2nncn2C)c1Br. The molecule has 0 saturated carbocycles. The highest BCUT2D eigenvalue weighted by atomic mass is 79.9. The summed E-state index contributed by atoms with van der Waals surface area (Å²) >= 11 is 3.47. The van der Waals surface area contributed by atoms with E-state index in [4.69, 9.17) is 0 Å². The first-order valence-corrected chi connectivity index (χ1v) is 6.32. The van der Waals surface area contributed by atoms with Gasteiger partial charge in [-0.2, -0.15) is 0 Å². The quantitative estimate of drug-likeness (QED) is 0.869. The van der Waals surface area contributed by atoms with E-state index in [2.05, 4.69) is 46.7 Å². The first-order valence-electron chi connectivity index (χ1n) is 5.53. The number of hydrogen-bond acceptors (Lipinski definition) is 6. The van der Waals surface area contributed by atoms with Crippen LogP contribution in [0.15, 0.2) is 17.1 Å². The summed E-state index contributed by atoms with van der Waals surface area (Å²) in [5.74, 6) is 2.34. The van der Waals surface area contributed by atoms with E-state index in [1.807, 2.05) is 18.5 Å². The smallest absolute Gasteiger partial charge is 0.151 e. The number of halogens is 1. The zero-order chi connectivity index (χ0) is 13.0. The van der Waals surface area contributed by atoms with Gasteiger partial charge in [-0.15, -0.1) is 10.2 Å². The van der Waals surface area contributed by atoms with Crippen LogP contribution in [0.2, 0.25) is 0 Å². The summed E-state index contributed by atoms with van der Waals surface area (Å²) < 4.78 is 2.67. The van der Waals surface area contributed by atoms with Gasteiger partial charge in [-0.25, -0.2) is 9.97 Å². The van der Waals surface area contributed by atoms with Gasteiger partial charge < -0.3 is 15.2 Å². The highest BCUT2D eigenvalue weighted by molar-refractivity contribution is 9.10. The maximum absolute atomic E-state index is 4.18. The lowest BCUT2D eigenvalue weighted by Gasteiger charge is -2.10. The Morgan fingerprint density at radius 3 is 2.61 bits per heavy atom. The molecule has 8 heteroatoms. The molecule has 2 rings (SSSR count). The second kappa shape index (κ2) is 5.76. The molecular formula is C10H14BrN7. The van der Waals surface area contributed by atoms with Crippen molar-refractivity contribution in [2.24, 2.45) is 7.05 Å². The molecule has 0 fully saturated rings. The fraction of sp³-hybridized carbons (Fsp3) is 0.400. The summed E-state index contributed by atoms with van der Waals surface area (Å²) in [6, 6.07) is 0. The molecule has 0 atom stereocenters. The van der Waals surface area contributed by atoms with Crippen LogP contribution >= 0.6 is 15.9 Å². The Labute approximate surface area is 113 Å². The molecule has 2 N–H and O–H groups in total. The van der Waals surface area contributed by atoms with Crippen LogP contribution in [0.4, 0.5) is 11.6 Å². The molecular weight excluding hydrogens is 298 g/mol. The molecule has 0 aromatic carbocycles. The number of rotatable bonds is 5. The molecule has 0 aliphatic carbocycles. The molecule has 0 saturated heterocycles. The van der Waals surface area contributed by atoms with Crippen molar-refractivity contribution in [2.45, 2.75) is 13.5 Å². The highest BCUT2D eigenvalue weighted by Crippen LogP contribution is 2.26. The Balaban J connectivity index is 2.10. The van der Waals surface area contributed by atoms with Crippen molar-refractivity contribution in [3.8, 4) is 0 Å². The number of aromatic nitrogens is 5. The van der Waals surface area contributed by atoms with Gasteiger partial charge >= 0.3 is 0 Å². The zero-order valence-electron chi connectivity index (χ0n) is 10.2. The summed E-state index contributed by atoms with van der Waals surface area (Å²) in [7, 11) is 1.90. The summed E-state index contributed by atoms with van der Waals surface area (Å²) in [6.45, 7) is 3.37. The van der Waals surface area contributed by atoms with Crippen LogP contribution in [0.5, 0.6) is 0 Å². The largest absolute Gasteiger partial charge is 0.369 e. The van der Waals surface area contributed by atoms with E-state index in [1.165, 1.54) is 6.33 Å². The second-order valence-electron chi connectivity index (χ2n) is 3.63. The number of anilines is 2. The summed E-state index contributed by atoms with van der Waals surface area (Å²) in [5, 5.41) is 14.2. The molecule has 2 aromatic rings. The van der Waals surface area contributed by atoms with Gasteiger partial charge in [-0.3, -0.25) is 0 Å². The lowest BCUT2D eigenvalue weighted by atomic mass is 10.5. The van der Waals surface area contributed by atoms with Crippen LogP contribution in [0.1, 0.15) is 12.7 Å². The van der Waals surface area contributed by atoms with Crippen LogP contribution < -0.4 is 10.6 Å². The normalized spacial score (nSPS) is 10.4. The summed E-state index contributed by atoms with van der Waals surface area (Å²) in [6.07, 6.45) is 3.18. The van der Waals surface area contributed by atoms with Gasteiger partial charge in [0.05, 0.1) is 6.54 Å². The van der Waals surface area contributed by atoms with Gasteiger partial charge in [0.15, 0.2) is 5.82 Å². The Hall–Kier alpha value is -1.70. The van der Waals surface area contributed by atoms with Crippen molar-refractivity contribution in [3.05, 3.63) is 23.0 Å². The lowest BCUT2D eigenvalue weighted by Crippen LogP contribution is -2.09. The third kappa shape index (κ3) is 2.76. The average Bonchev–Trinajstić information content (AvgIpc) is 2.76. The molecule has 0 bridgehead atoms. The molecule has 0 unspecified atom stereocenters. The molecule has 2 aromatic heterocycles. The van der Waals surface area contributed by atoms with Crippen LogP contribution in [-0.4, -0.2) is 31.3 Å². The third-order valence-corrected chi connectivity index (χ3v) is 3.10. The van der Waals surface area contributed by atoms with E-state index in [0.717, 1.165) is 28.5 Å². The first kappa shape index (κ1) is 12.7. The maximum atomic E-state index is 4.18. The maximum Gasteiger partial charge on any atom is 0.151 e. The summed E-state index contributed by atoms with van der Waals surface area (Å²) in [4.78, 5) is 8.33. The Kier molecular flexibility index (Phi) is 4.08. The van der Waals surface area contributed by atoms with Crippen LogP contribution in [0, 0.1) is 0 Å². The molecule has 0 aliphatic heterocycles. The minimum atomic E-state index is 0.553. The van der Waals surface area contributed by atoms with Crippen LogP contribution in [0.3, 0.4) is 0 Å². The topological polar surface area (TPSA) is 80.6 Å². The van der Waals surface area contributed by atoms with Crippen molar-refractivity contribution in [1.29, 1.82) is 0 Å². The Morgan fingerprint density at radius 2 is 2.00 bits per heavy atom. The molecule has 0 aliphatic rings. The monoisotopic (exact) mass is 311 g/mol. The predicted molar refractivity (Wildman–Crippen MR) is 72.2 cm³/mol. The molecule has 0 amide bonds. The van der Waals surface area contributed by atoms with Crippen molar-refractivity contribution in [3.63, 3.8) is 0 Å². The van der Waals surface area contributed by atoms with E-state index in [-0.39, 0.29) is 0 Å². The van der Waals surface area contributed by atoms with Crippen molar-refractivity contribution >= 4 is 27.6 Å². The van der Waals surface area contributed by atoms with E-state index < -0.39 is 0 Å². The van der Waals surface area contributed by atoms with E-state index in [0.29, 0.717) is 6.54 Å². The molecule has 96 valence electrons. The van der Waals surface area contributed by atoms with Gasteiger partial charge in [0.1, 0.15) is 28.8 Å². The van der Waals surface area contributed by atoms with Gasteiger partial charge in [0, 0.05) is 13.6 Å². The van der Waals surface area contributed by atoms with E-state index >= 15 is 0 Å². The minimum Gasteiger partial charge on any atom is -0.369 e. The van der Waals surface area contributed by atoms with Gasteiger partial charge in [-0.05, 0) is 22.9 Å². The Morgan fingerprint density at radius 1 is 1.28 bits per heavy atom. The minimum absolute atomic E-state index is 0.553. The molecule has 0 spiro atoms. The molecule has 2 heterocycles. The van der Waals surface area contributed by atoms with Crippen molar-refractivity contribution in [2.75, 3.05) is 17.2 Å². The summed E-state index contributed by atoms with van der Waals surface area (Å²) in [5.41, 5.74) is 0. The van der Waals surface area contributed by atoms with Crippen LogP contribution in [-0.2, 0) is 13.6 Å².